The van der Waals surface area contributed by atoms with Gasteiger partial charge in [-0.3, -0.25) is 9.80 Å². The molecule has 0 aromatic rings. The van der Waals surface area contributed by atoms with Crippen LogP contribution in [0.15, 0.2) is 0 Å². The summed E-state index contributed by atoms with van der Waals surface area (Å²) in [5.74, 6) is 0. The maximum absolute atomic E-state index is 10.2. The topological polar surface area (TPSA) is 45.2 Å². The third-order valence-corrected chi connectivity index (χ3v) is 4.49. The predicted molar refractivity (Wildman–Crippen MR) is 78.9 cm³/mol. The van der Waals surface area contributed by atoms with Gasteiger partial charge in [-0.1, -0.05) is 0 Å². The van der Waals surface area contributed by atoms with E-state index in [0.717, 1.165) is 13.1 Å². The van der Waals surface area contributed by atoms with Crippen LogP contribution < -0.4 is 0 Å². The molecular formula is C15H30N2O3. The molecule has 2 aliphatic rings. The van der Waals surface area contributed by atoms with E-state index in [1.807, 2.05) is 6.92 Å². The standard InChI is InChI=1S/C15H30N2O3/c1-12-7-16-6-4-5-14(16)8-17(12)9-15(18)11-20-13(2)10-19-3/h12-15,18H,4-11H2,1-3H3. The van der Waals surface area contributed by atoms with Crippen molar-refractivity contribution in [2.24, 2.45) is 0 Å². The maximum Gasteiger partial charge on any atom is 0.0900 e. The number of aliphatic hydroxyl groups excluding tert-OH is 1. The van der Waals surface area contributed by atoms with E-state index >= 15 is 0 Å². The lowest BCUT2D eigenvalue weighted by atomic mass is 10.1. The van der Waals surface area contributed by atoms with E-state index in [1.165, 1.54) is 19.4 Å². The fourth-order valence-electron chi connectivity index (χ4n) is 3.38. The van der Waals surface area contributed by atoms with Crippen LogP contribution in [0.5, 0.6) is 0 Å². The van der Waals surface area contributed by atoms with Gasteiger partial charge in [0.15, 0.2) is 0 Å². The highest BCUT2D eigenvalue weighted by molar-refractivity contribution is 4.91. The zero-order valence-corrected chi connectivity index (χ0v) is 13.1. The van der Waals surface area contributed by atoms with Crippen LogP contribution in [0.4, 0.5) is 0 Å². The fourth-order valence-corrected chi connectivity index (χ4v) is 3.38. The number of rotatable bonds is 7. The van der Waals surface area contributed by atoms with Crippen molar-refractivity contribution in [3.63, 3.8) is 0 Å². The fraction of sp³-hybridized carbons (Fsp3) is 1.00. The van der Waals surface area contributed by atoms with Gasteiger partial charge in [-0.25, -0.2) is 0 Å². The molecule has 2 saturated heterocycles. The Morgan fingerprint density at radius 2 is 2.10 bits per heavy atom. The zero-order valence-electron chi connectivity index (χ0n) is 13.1. The highest BCUT2D eigenvalue weighted by Gasteiger charge is 2.34. The maximum atomic E-state index is 10.2. The lowest BCUT2D eigenvalue weighted by molar-refractivity contribution is -0.0503. The second kappa shape index (κ2) is 7.71. The second-order valence-corrected chi connectivity index (χ2v) is 6.35. The smallest absolute Gasteiger partial charge is 0.0900 e. The van der Waals surface area contributed by atoms with E-state index in [2.05, 4.69) is 16.7 Å². The van der Waals surface area contributed by atoms with Crippen molar-refractivity contribution in [3.8, 4) is 0 Å². The molecule has 0 amide bonds. The molecule has 4 unspecified atom stereocenters. The minimum Gasteiger partial charge on any atom is -0.389 e. The first-order valence-corrected chi connectivity index (χ1v) is 7.86. The van der Waals surface area contributed by atoms with Crippen molar-refractivity contribution in [2.75, 3.05) is 46.5 Å². The average molecular weight is 286 g/mol. The van der Waals surface area contributed by atoms with Gasteiger partial charge in [0.25, 0.3) is 0 Å². The van der Waals surface area contributed by atoms with Crippen molar-refractivity contribution in [2.45, 2.75) is 51.0 Å². The number of hydrogen-bond acceptors (Lipinski definition) is 5. The summed E-state index contributed by atoms with van der Waals surface area (Å²) >= 11 is 0. The second-order valence-electron chi connectivity index (χ2n) is 6.35. The molecule has 0 bridgehead atoms. The minimum absolute atomic E-state index is 0.0405. The molecule has 2 fully saturated rings. The monoisotopic (exact) mass is 286 g/mol. The summed E-state index contributed by atoms with van der Waals surface area (Å²) in [6.07, 6.45) is 2.26. The molecule has 0 spiro atoms. The third-order valence-electron chi connectivity index (χ3n) is 4.49. The highest BCUT2D eigenvalue weighted by Crippen LogP contribution is 2.24. The van der Waals surface area contributed by atoms with Gasteiger partial charge < -0.3 is 14.6 Å². The van der Waals surface area contributed by atoms with E-state index in [1.54, 1.807) is 7.11 Å². The molecule has 2 rings (SSSR count). The van der Waals surface area contributed by atoms with Crippen molar-refractivity contribution in [1.29, 1.82) is 0 Å². The first-order valence-electron chi connectivity index (χ1n) is 7.86. The van der Waals surface area contributed by atoms with E-state index in [0.29, 0.717) is 31.8 Å². The van der Waals surface area contributed by atoms with Gasteiger partial charge in [0, 0.05) is 38.8 Å². The molecule has 5 nitrogen and oxygen atoms in total. The molecule has 0 aromatic heterocycles. The summed E-state index contributed by atoms with van der Waals surface area (Å²) in [5, 5.41) is 10.2. The molecule has 118 valence electrons. The molecule has 0 radical (unpaired) electrons. The molecule has 2 aliphatic heterocycles. The number of piperazine rings is 1. The van der Waals surface area contributed by atoms with Crippen LogP contribution in [-0.2, 0) is 9.47 Å². The number of β-amino-alcohol motifs (C(OH)–C–C–N with tert-alkyl or cyclic N) is 1. The van der Waals surface area contributed by atoms with Crippen molar-refractivity contribution in [1.82, 2.24) is 9.80 Å². The van der Waals surface area contributed by atoms with Crippen LogP contribution in [0.1, 0.15) is 26.7 Å². The Kier molecular flexibility index (Phi) is 6.23. The van der Waals surface area contributed by atoms with Crippen LogP contribution in [-0.4, -0.2) is 85.7 Å². The number of methoxy groups -OCH3 is 1. The van der Waals surface area contributed by atoms with E-state index in [4.69, 9.17) is 9.47 Å². The predicted octanol–water partition coefficient (Wildman–Crippen LogP) is 0.567. The average Bonchev–Trinajstić information content (AvgIpc) is 2.84. The van der Waals surface area contributed by atoms with Crippen LogP contribution in [0.3, 0.4) is 0 Å². The van der Waals surface area contributed by atoms with Crippen LogP contribution in [0.2, 0.25) is 0 Å². The van der Waals surface area contributed by atoms with Crippen molar-refractivity contribution >= 4 is 0 Å². The molecule has 1 N–H and O–H groups in total. The van der Waals surface area contributed by atoms with Gasteiger partial charge in [-0.05, 0) is 33.2 Å². The lowest BCUT2D eigenvalue weighted by Crippen LogP contribution is -2.56. The van der Waals surface area contributed by atoms with Crippen molar-refractivity contribution in [3.05, 3.63) is 0 Å². The number of hydrogen-bond donors (Lipinski definition) is 1. The Labute approximate surface area is 122 Å². The summed E-state index contributed by atoms with van der Waals surface area (Å²) in [4.78, 5) is 5.02. The molecule has 0 aromatic carbocycles. The normalized spacial score (nSPS) is 31.2. The first kappa shape index (κ1) is 16.2. The summed E-state index contributed by atoms with van der Waals surface area (Å²) < 4.78 is 10.6. The van der Waals surface area contributed by atoms with Gasteiger partial charge in [-0.15, -0.1) is 0 Å². The van der Waals surface area contributed by atoms with Crippen LogP contribution >= 0.6 is 0 Å². The van der Waals surface area contributed by atoms with Crippen LogP contribution in [0, 0.1) is 0 Å². The molecule has 4 atom stereocenters. The van der Waals surface area contributed by atoms with Gasteiger partial charge >= 0.3 is 0 Å². The summed E-state index contributed by atoms with van der Waals surface area (Å²) in [5.41, 5.74) is 0. The summed E-state index contributed by atoms with van der Waals surface area (Å²) in [6.45, 7) is 9.39. The molecule has 0 aliphatic carbocycles. The Balaban J connectivity index is 1.71. The number of aliphatic hydroxyl groups is 1. The Hall–Kier alpha value is -0.200. The number of nitrogens with zero attached hydrogens (tertiary/aromatic N) is 2. The third kappa shape index (κ3) is 4.40. The summed E-state index contributed by atoms with van der Waals surface area (Å²) in [6, 6.07) is 1.22. The van der Waals surface area contributed by atoms with Gasteiger partial charge in [0.05, 0.1) is 25.4 Å². The molecule has 20 heavy (non-hydrogen) atoms. The Morgan fingerprint density at radius 3 is 2.85 bits per heavy atom. The largest absolute Gasteiger partial charge is 0.389 e. The molecule has 0 saturated carbocycles. The zero-order chi connectivity index (χ0) is 14.5. The quantitative estimate of drug-likeness (QED) is 0.741. The molecule has 5 heteroatoms. The minimum atomic E-state index is -0.412. The highest BCUT2D eigenvalue weighted by atomic mass is 16.5. The lowest BCUT2D eigenvalue weighted by Gasteiger charge is -2.43. The molecule has 2 heterocycles. The van der Waals surface area contributed by atoms with E-state index < -0.39 is 6.10 Å². The first-order chi connectivity index (χ1) is 9.60. The van der Waals surface area contributed by atoms with Gasteiger partial charge in [0.2, 0.25) is 0 Å². The van der Waals surface area contributed by atoms with E-state index in [9.17, 15) is 5.11 Å². The molecular weight excluding hydrogens is 256 g/mol. The van der Waals surface area contributed by atoms with E-state index in [-0.39, 0.29) is 6.10 Å². The number of fused-ring (bicyclic) bond motifs is 1. The SMILES string of the molecule is COCC(C)OCC(O)CN1CC2CCCN2CC1C. The number of ether oxygens (including phenoxy) is 2. The van der Waals surface area contributed by atoms with Crippen molar-refractivity contribution < 1.29 is 14.6 Å². The summed E-state index contributed by atoms with van der Waals surface area (Å²) in [7, 11) is 1.67. The Bertz CT molecular complexity index is 290. The van der Waals surface area contributed by atoms with Gasteiger partial charge in [0.1, 0.15) is 0 Å². The van der Waals surface area contributed by atoms with Gasteiger partial charge in [-0.2, -0.15) is 0 Å². The Morgan fingerprint density at radius 1 is 1.30 bits per heavy atom. The van der Waals surface area contributed by atoms with Crippen LogP contribution in [0.25, 0.3) is 0 Å².